The quantitative estimate of drug-likeness (QED) is 0.433. The molecule has 4 rings (SSSR count). The zero-order valence-electron chi connectivity index (χ0n) is 16.9. The van der Waals surface area contributed by atoms with Crippen LogP contribution in [0.2, 0.25) is 0 Å². The summed E-state index contributed by atoms with van der Waals surface area (Å²) in [6, 6.07) is 15.3. The van der Waals surface area contributed by atoms with Crippen molar-refractivity contribution in [3.8, 4) is 22.8 Å². The lowest BCUT2D eigenvalue weighted by Crippen LogP contribution is -2.12. The van der Waals surface area contributed by atoms with E-state index in [1.165, 1.54) is 0 Å². The van der Waals surface area contributed by atoms with Crippen LogP contribution >= 0.6 is 11.3 Å². The van der Waals surface area contributed by atoms with Crippen molar-refractivity contribution in [2.24, 2.45) is 0 Å². The smallest absolute Gasteiger partial charge is 0.224 e. The Hall–Kier alpha value is -3.32. The molecule has 0 saturated heterocycles. The van der Waals surface area contributed by atoms with Gasteiger partial charge in [0.05, 0.1) is 19.4 Å². The number of benzene rings is 2. The fourth-order valence-electron chi connectivity index (χ4n) is 3.18. The van der Waals surface area contributed by atoms with Crippen molar-refractivity contribution in [3.05, 3.63) is 65.8 Å². The minimum atomic E-state index is -0.0194. The van der Waals surface area contributed by atoms with Gasteiger partial charge in [-0.15, -0.1) is 11.3 Å². The lowest BCUT2D eigenvalue weighted by atomic mass is 10.1. The number of nitrogens with zero attached hydrogens (tertiary/aromatic N) is 2. The molecule has 0 unspecified atom stereocenters. The van der Waals surface area contributed by atoms with E-state index in [1.807, 2.05) is 61.7 Å². The third-order valence-corrected chi connectivity index (χ3v) is 5.62. The van der Waals surface area contributed by atoms with E-state index in [1.54, 1.807) is 18.4 Å². The highest BCUT2D eigenvalue weighted by Crippen LogP contribution is 2.26. The van der Waals surface area contributed by atoms with Crippen LogP contribution in [0.3, 0.4) is 0 Å². The van der Waals surface area contributed by atoms with Crippen molar-refractivity contribution in [1.29, 1.82) is 0 Å². The van der Waals surface area contributed by atoms with E-state index in [9.17, 15) is 4.79 Å². The Morgan fingerprint density at radius 2 is 1.83 bits per heavy atom. The maximum Gasteiger partial charge on any atom is 0.224 e. The van der Waals surface area contributed by atoms with Gasteiger partial charge < -0.3 is 14.8 Å². The topological polar surface area (TPSA) is 64.9 Å². The second kappa shape index (κ2) is 9.00. The number of rotatable bonds is 8. The third kappa shape index (κ3) is 4.46. The first-order valence-corrected chi connectivity index (χ1v) is 10.7. The molecule has 0 bridgehead atoms. The molecule has 0 fully saturated rings. The lowest BCUT2D eigenvalue weighted by molar-refractivity contribution is -0.116. The van der Waals surface area contributed by atoms with Crippen LogP contribution in [0, 0.1) is 0 Å². The number of ether oxygens (including phenoxy) is 2. The van der Waals surface area contributed by atoms with Gasteiger partial charge >= 0.3 is 0 Å². The standard InChI is InChI=1S/C23H23N3O3S/c1-3-29-20-11-6-17(7-12-20)24-22(27)13-8-18-15-30-23-25-21(14-26(18)23)16-4-9-19(28-2)10-5-16/h4-7,9-12,14-15H,3,8,13H2,1-2H3,(H,24,27). The van der Waals surface area contributed by atoms with Crippen molar-refractivity contribution in [3.63, 3.8) is 0 Å². The molecule has 0 atom stereocenters. The number of thiazole rings is 1. The van der Waals surface area contributed by atoms with Crippen molar-refractivity contribution in [1.82, 2.24) is 9.38 Å². The molecule has 4 aromatic rings. The van der Waals surface area contributed by atoms with E-state index in [2.05, 4.69) is 15.1 Å². The van der Waals surface area contributed by atoms with Gasteiger partial charge in [-0.3, -0.25) is 9.20 Å². The average molecular weight is 422 g/mol. The summed E-state index contributed by atoms with van der Waals surface area (Å²) in [7, 11) is 1.65. The van der Waals surface area contributed by atoms with Crippen molar-refractivity contribution in [2.75, 3.05) is 19.0 Å². The number of carbonyl (C=O) groups excluding carboxylic acids is 1. The molecule has 2 heterocycles. The molecule has 7 heteroatoms. The summed E-state index contributed by atoms with van der Waals surface area (Å²) in [5.41, 5.74) is 3.78. The SMILES string of the molecule is CCOc1ccc(NC(=O)CCc2csc3nc(-c4ccc(OC)cc4)cn23)cc1. The molecule has 0 spiro atoms. The summed E-state index contributed by atoms with van der Waals surface area (Å²) in [6.45, 7) is 2.56. The van der Waals surface area contributed by atoms with Crippen LogP contribution in [0.5, 0.6) is 11.5 Å². The van der Waals surface area contributed by atoms with Gasteiger partial charge in [-0.1, -0.05) is 0 Å². The van der Waals surface area contributed by atoms with Gasteiger partial charge in [-0.2, -0.15) is 0 Å². The van der Waals surface area contributed by atoms with Gasteiger partial charge in [0, 0.05) is 34.9 Å². The Labute approximate surface area is 179 Å². The van der Waals surface area contributed by atoms with Gasteiger partial charge in [-0.25, -0.2) is 4.98 Å². The van der Waals surface area contributed by atoms with E-state index >= 15 is 0 Å². The van der Waals surface area contributed by atoms with E-state index in [-0.39, 0.29) is 5.91 Å². The summed E-state index contributed by atoms with van der Waals surface area (Å²) >= 11 is 1.58. The van der Waals surface area contributed by atoms with Crippen LogP contribution < -0.4 is 14.8 Å². The maximum absolute atomic E-state index is 12.4. The number of aryl methyl sites for hydroxylation is 1. The zero-order chi connectivity index (χ0) is 20.9. The van der Waals surface area contributed by atoms with Crippen LogP contribution in [-0.2, 0) is 11.2 Å². The molecule has 1 amide bonds. The molecule has 1 N–H and O–H groups in total. The summed E-state index contributed by atoms with van der Waals surface area (Å²) in [4.78, 5) is 18.0. The van der Waals surface area contributed by atoms with Gasteiger partial charge in [-0.05, 0) is 61.9 Å². The number of fused-ring (bicyclic) bond motifs is 1. The molecule has 6 nitrogen and oxygen atoms in total. The van der Waals surface area contributed by atoms with E-state index < -0.39 is 0 Å². The first-order valence-electron chi connectivity index (χ1n) is 9.79. The molecule has 0 radical (unpaired) electrons. The first kappa shape index (κ1) is 20.0. The number of hydrogen-bond donors (Lipinski definition) is 1. The van der Waals surface area contributed by atoms with E-state index in [0.717, 1.165) is 39.1 Å². The highest BCUT2D eigenvalue weighted by Gasteiger charge is 2.11. The highest BCUT2D eigenvalue weighted by molar-refractivity contribution is 7.15. The number of methoxy groups -OCH3 is 1. The summed E-state index contributed by atoms with van der Waals surface area (Å²) < 4.78 is 12.7. The number of hydrogen-bond acceptors (Lipinski definition) is 5. The summed E-state index contributed by atoms with van der Waals surface area (Å²) in [5.74, 6) is 1.59. The van der Waals surface area contributed by atoms with Gasteiger partial charge in [0.15, 0.2) is 4.96 Å². The molecule has 0 aliphatic carbocycles. The van der Waals surface area contributed by atoms with Crippen LogP contribution in [0.1, 0.15) is 19.0 Å². The van der Waals surface area contributed by atoms with Crippen molar-refractivity contribution in [2.45, 2.75) is 19.8 Å². The van der Waals surface area contributed by atoms with Gasteiger partial charge in [0.2, 0.25) is 5.91 Å². The number of anilines is 1. The zero-order valence-corrected chi connectivity index (χ0v) is 17.7. The minimum Gasteiger partial charge on any atom is -0.497 e. The monoisotopic (exact) mass is 421 g/mol. The largest absolute Gasteiger partial charge is 0.497 e. The van der Waals surface area contributed by atoms with Crippen molar-refractivity contribution >= 4 is 27.9 Å². The predicted molar refractivity (Wildman–Crippen MR) is 120 cm³/mol. The normalized spacial score (nSPS) is 10.9. The second-order valence-corrected chi connectivity index (χ2v) is 7.58. The predicted octanol–water partition coefficient (Wildman–Crippen LogP) is 5.04. The Bertz CT molecular complexity index is 1130. The highest BCUT2D eigenvalue weighted by atomic mass is 32.1. The van der Waals surface area contributed by atoms with Gasteiger partial charge in [0.1, 0.15) is 11.5 Å². The molecular formula is C23H23N3O3S. The number of imidazole rings is 1. The fourth-order valence-corrected chi connectivity index (χ4v) is 4.08. The summed E-state index contributed by atoms with van der Waals surface area (Å²) in [5, 5.41) is 5.00. The van der Waals surface area contributed by atoms with Crippen LogP contribution in [-0.4, -0.2) is 29.0 Å². The van der Waals surface area contributed by atoms with Crippen LogP contribution in [0.4, 0.5) is 5.69 Å². The first-order chi connectivity index (χ1) is 14.7. The van der Waals surface area contributed by atoms with Gasteiger partial charge in [0.25, 0.3) is 0 Å². The number of carbonyl (C=O) groups is 1. The molecular weight excluding hydrogens is 398 g/mol. The Morgan fingerprint density at radius 1 is 1.10 bits per heavy atom. The maximum atomic E-state index is 12.4. The Kier molecular flexibility index (Phi) is 5.99. The van der Waals surface area contributed by atoms with E-state index in [4.69, 9.17) is 14.5 Å². The number of nitrogens with one attached hydrogen (secondary N) is 1. The molecule has 2 aromatic heterocycles. The average Bonchev–Trinajstić information content (AvgIpc) is 3.35. The lowest BCUT2D eigenvalue weighted by Gasteiger charge is -2.07. The fraction of sp³-hybridized carbons (Fsp3) is 0.217. The number of aromatic nitrogens is 2. The Balaban J connectivity index is 1.40. The molecule has 30 heavy (non-hydrogen) atoms. The molecule has 0 aliphatic heterocycles. The van der Waals surface area contributed by atoms with Crippen LogP contribution in [0.15, 0.2) is 60.1 Å². The number of amides is 1. The minimum absolute atomic E-state index is 0.0194. The molecule has 154 valence electrons. The van der Waals surface area contributed by atoms with E-state index in [0.29, 0.717) is 19.4 Å². The molecule has 0 saturated carbocycles. The molecule has 0 aliphatic rings. The van der Waals surface area contributed by atoms with Crippen LogP contribution in [0.25, 0.3) is 16.2 Å². The van der Waals surface area contributed by atoms with Crippen molar-refractivity contribution < 1.29 is 14.3 Å². The summed E-state index contributed by atoms with van der Waals surface area (Å²) in [6.07, 6.45) is 3.06. The second-order valence-electron chi connectivity index (χ2n) is 6.74. The Morgan fingerprint density at radius 3 is 2.53 bits per heavy atom. The molecule has 2 aromatic carbocycles. The third-order valence-electron chi connectivity index (χ3n) is 4.73.